The summed E-state index contributed by atoms with van der Waals surface area (Å²) in [4.78, 5) is 50.9. The molecule has 1 aliphatic heterocycles. The number of hydrogen-bond acceptors (Lipinski definition) is 7. The van der Waals surface area contributed by atoms with Crippen LogP contribution in [0, 0.1) is 0 Å². The fraction of sp³-hybridized carbons (Fsp3) is 0.333. The number of aromatic nitrogens is 1. The number of benzene rings is 2. The number of amides is 1. The Hall–Kier alpha value is -3.88. The lowest BCUT2D eigenvalue weighted by molar-refractivity contribution is -0.159. The molecule has 33 heavy (non-hydrogen) atoms. The first-order valence-corrected chi connectivity index (χ1v) is 10.6. The highest BCUT2D eigenvalue weighted by Crippen LogP contribution is 2.29. The van der Waals surface area contributed by atoms with Gasteiger partial charge in [0.1, 0.15) is 0 Å². The molecular formula is C24H24N2O7. The number of piperidine rings is 1. The van der Waals surface area contributed by atoms with Gasteiger partial charge in [0.25, 0.3) is 5.91 Å². The van der Waals surface area contributed by atoms with Crippen LogP contribution in [-0.2, 0) is 19.1 Å². The van der Waals surface area contributed by atoms with Crippen LogP contribution >= 0.6 is 0 Å². The normalized spacial score (nSPS) is 15.3. The molecule has 0 unspecified atom stereocenters. The van der Waals surface area contributed by atoms with Crippen LogP contribution in [0.5, 0.6) is 0 Å². The Bertz CT molecular complexity index is 1240. The first kappa shape index (κ1) is 22.3. The van der Waals surface area contributed by atoms with Gasteiger partial charge in [-0.1, -0.05) is 30.3 Å². The first-order chi connectivity index (χ1) is 15.9. The summed E-state index contributed by atoms with van der Waals surface area (Å²) in [6, 6.07) is 13.4. The molecule has 0 aliphatic carbocycles. The van der Waals surface area contributed by atoms with Crippen molar-refractivity contribution in [1.29, 1.82) is 0 Å². The summed E-state index contributed by atoms with van der Waals surface area (Å²) in [5.41, 5.74) is 1.81. The van der Waals surface area contributed by atoms with Gasteiger partial charge >= 0.3 is 17.7 Å². The Labute approximate surface area is 189 Å². The number of fused-ring (bicyclic) bond motifs is 1. The number of rotatable bonds is 5. The van der Waals surface area contributed by atoms with Crippen LogP contribution in [0.1, 0.15) is 47.8 Å². The zero-order chi connectivity index (χ0) is 23.5. The molecule has 3 aromatic rings. The van der Waals surface area contributed by atoms with E-state index in [4.69, 9.17) is 13.9 Å². The Morgan fingerprint density at radius 2 is 1.76 bits per heavy atom. The van der Waals surface area contributed by atoms with E-state index >= 15 is 0 Å². The minimum Gasteiger partial charge on any atom is -0.465 e. The van der Waals surface area contributed by atoms with Gasteiger partial charge in [-0.2, -0.15) is 0 Å². The summed E-state index contributed by atoms with van der Waals surface area (Å²) in [6.07, 6.45) is -0.00501. The molecule has 2 heterocycles. The summed E-state index contributed by atoms with van der Waals surface area (Å²) >= 11 is 0. The zero-order valence-electron chi connectivity index (χ0n) is 18.4. The predicted molar refractivity (Wildman–Crippen MR) is 118 cm³/mol. The minimum absolute atomic E-state index is 0.209. The fourth-order valence-corrected chi connectivity index (χ4v) is 4.19. The molecule has 1 saturated heterocycles. The molecule has 9 nitrogen and oxygen atoms in total. The SMILES string of the molecule is COC(=O)c1ccc2oc(=O)n(C3CCN(C(=O)[C@@H](OC(C)=O)c4ccccc4)CC3)c2c1. The van der Waals surface area contributed by atoms with Crippen molar-refractivity contribution in [2.45, 2.75) is 31.9 Å². The summed E-state index contributed by atoms with van der Waals surface area (Å²) in [7, 11) is 1.29. The topological polar surface area (TPSA) is 108 Å². The van der Waals surface area contributed by atoms with E-state index in [1.807, 2.05) is 6.07 Å². The van der Waals surface area contributed by atoms with Gasteiger partial charge in [-0.25, -0.2) is 9.59 Å². The highest BCUT2D eigenvalue weighted by atomic mass is 16.5. The molecule has 1 amide bonds. The number of likely N-dealkylation sites (tertiary alicyclic amines) is 1. The number of carbonyl (C=O) groups excluding carboxylic acids is 3. The van der Waals surface area contributed by atoms with Crippen LogP contribution in [0.3, 0.4) is 0 Å². The molecule has 1 fully saturated rings. The third kappa shape index (κ3) is 4.52. The lowest BCUT2D eigenvalue weighted by Crippen LogP contribution is -2.43. The lowest BCUT2D eigenvalue weighted by Gasteiger charge is -2.34. The number of carbonyl (C=O) groups is 3. The highest BCUT2D eigenvalue weighted by Gasteiger charge is 2.33. The number of ether oxygens (including phenoxy) is 2. The molecule has 1 aliphatic rings. The second kappa shape index (κ2) is 9.32. The average molecular weight is 452 g/mol. The van der Waals surface area contributed by atoms with Gasteiger partial charge < -0.3 is 18.8 Å². The Kier molecular flexibility index (Phi) is 6.30. The number of oxazole rings is 1. The molecule has 0 bridgehead atoms. The number of hydrogen-bond donors (Lipinski definition) is 0. The quantitative estimate of drug-likeness (QED) is 0.548. The van der Waals surface area contributed by atoms with Crippen LogP contribution in [0.25, 0.3) is 11.1 Å². The minimum atomic E-state index is -1.01. The van der Waals surface area contributed by atoms with E-state index in [1.165, 1.54) is 18.6 Å². The lowest BCUT2D eigenvalue weighted by atomic mass is 10.0. The van der Waals surface area contributed by atoms with Gasteiger partial charge in [-0.3, -0.25) is 14.2 Å². The number of nitrogens with zero attached hydrogens (tertiary/aromatic N) is 2. The Balaban J connectivity index is 1.54. The van der Waals surface area contributed by atoms with Crippen molar-refractivity contribution in [3.8, 4) is 0 Å². The summed E-state index contributed by atoms with van der Waals surface area (Å²) < 4.78 is 17.0. The Morgan fingerprint density at radius 1 is 1.06 bits per heavy atom. The van der Waals surface area contributed by atoms with E-state index < -0.39 is 23.8 Å². The van der Waals surface area contributed by atoms with Crippen LogP contribution in [-0.4, -0.2) is 47.5 Å². The van der Waals surface area contributed by atoms with Crippen LogP contribution < -0.4 is 5.76 Å². The molecule has 0 radical (unpaired) electrons. The molecule has 2 aromatic carbocycles. The smallest absolute Gasteiger partial charge is 0.420 e. The monoisotopic (exact) mass is 452 g/mol. The fourth-order valence-electron chi connectivity index (χ4n) is 4.19. The molecule has 0 spiro atoms. The van der Waals surface area contributed by atoms with Crippen molar-refractivity contribution in [1.82, 2.24) is 9.47 Å². The van der Waals surface area contributed by atoms with Crippen molar-refractivity contribution in [2.24, 2.45) is 0 Å². The summed E-state index contributed by atoms with van der Waals surface area (Å²) in [5, 5.41) is 0. The zero-order valence-corrected chi connectivity index (χ0v) is 18.4. The van der Waals surface area contributed by atoms with E-state index in [0.717, 1.165) is 0 Å². The van der Waals surface area contributed by atoms with E-state index in [-0.39, 0.29) is 11.9 Å². The van der Waals surface area contributed by atoms with E-state index in [0.29, 0.717) is 48.2 Å². The van der Waals surface area contributed by atoms with Gasteiger partial charge in [0.15, 0.2) is 5.58 Å². The molecule has 1 atom stereocenters. The van der Waals surface area contributed by atoms with E-state index in [9.17, 15) is 19.2 Å². The van der Waals surface area contributed by atoms with Gasteiger partial charge in [-0.05, 0) is 31.0 Å². The summed E-state index contributed by atoms with van der Waals surface area (Å²) in [6.45, 7) is 2.03. The predicted octanol–water partition coefficient (Wildman–Crippen LogP) is 2.85. The Morgan fingerprint density at radius 3 is 2.39 bits per heavy atom. The maximum absolute atomic E-state index is 13.2. The van der Waals surface area contributed by atoms with E-state index in [2.05, 4.69) is 0 Å². The highest BCUT2D eigenvalue weighted by molar-refractivity contribution is 5.93. The van der Waals surface area contributed by atoms with Crippen LogP contribution in [0.4, 0.5) is 0 Å². The second-order valence-electron chi connectivity index (χ2n) is 7.87. The third-order valence-electron chi connectivity index (χ3n) is 5.79. The van der Waals surface area contributed by atoms with Gasteiger partial charge in [0.2, 0.25) is 6.10 Å². The molecule has 1 aromatic heterocycles. The second-order valence-corrected chi connectivity index (χ2v) is 7.87. The number of methoxy groups -OCH3 is 1. The summed E-state index contributed by atoms with van der Waals surface area (Å²) in [5.74, 6) is -1.86. The van der Waals surface area contributed by atoms with Gasteiger partial charge in [0, 0.05) is 31.6 Å². The van der Waals surface area contributed by atoms with Crippen LogP contribution in [0.2, 0.25) is 0 Å². The molecule has 0 N–H and O–H groups in total. The maximum atomic E-state index is 13.2. The van der Waals surface area contributed by atoms with E-state index in [1.54, 1.807) is 47.4 Å². The van der Waals surface area contributed by atoms with Gasteiger partial charge in [0.05, 0.1) is 18.2 Å². The van der Waals surface area contributed by atoms with Crippen molar-refractivity contribution < 1.29 is 28.3 Å². The van der Waals surface area contributed by atoms with Crippen molar-refractivity contribution in [2.75, 3.05) is 20.2 Å². The maximum Gasteiger partial charge on any atom is 0.420 e. The van der Waals surface area contributed by atoms with Crippen LogP contribution in [0.15, 0.2) is 57.7 Å². The van der Waals surface area contributed by atoms with Crippen molar-refractivity contribution in [3.05, 3.63) is 70.2 Å². The molecule has 0 saturated carbocycles. The molecule has 9 heteroatoms. The van der Waals surface area contributed by atoms with Gasteiger partial charge in [-0.15, -0.1) is 0 Å². The molecule has 172 valence electrons. The molecular weight excluding hydrogens is 428 g/mol. The largest absolute Gasteiger partial charge is 0.465 e. The molecule has 4 rings (SSSR count). The first-order valence-electron chi connectivity index (χ1n) is 10.6. The number of esters is 2. The van der Waals surface area contributed by atoms with Crippen molar-refractivity contribution >= 4 is 28.9 Å². The third-order valence-corrected chi connectivity index (χ3v) is 5.79. The van der Waals surface area contributed by atoms with Crippen molar-refractivity contribution in [3.63, 3.8) is 0 Å². The average Bonchev–Trinajstić information content (AvgIpc) is 3.17. The standard InChI is InChI=1S/C24H24N2O7/c1-15(27)32-21(16-6-4-3-5-7-16)22(28)25-12-10-18(11-13-25)26-19-14-17(23(29)31-2)8-9-20(19)33-24(26)30/h3-9,14,18,21H,10-13H2,1-2H3/t21-/m0/s1.